The van der Waals surface area contributed by atoms with Crippen LogP contribution in [-0.4, -0.2) is 23.2 Å². The Balaban J connectivity index is 1.91. The van der Waals surface area contributed by atoms with Gasteiger partial charge in [-0.2, -0.15) is 0 Å². The SMILES string of the molecule is Oc1cccc(-c2nc(C3CNC3)co2)c1. The van der Waals surface area contributed by atoms with Gasteiger partial charge in [-0.25, -0.2) is 4.98 Å². The summed E-state index contributed by atoms with van der Waals surface area (Å²) >= 11 is 0. The predicted molar refractivity (Wildman–Crippen MR) is 59.2 cm³/mol. The molecule has 4 heteroatoms. The first-order valence-electron chi connectivity index (χ1n) is 5.28. The highest BCUT2D eigenvalue weighted by atomic mass is 16.3. The van der Waals surface area contributed by atoms with Gasteiger partial charge in [0.2, 0.25) is 5.89 Å². The lowest BCUT2D eigenvalue weighted by Crippen LogP contribution is -2.40. The average Bonchev–Trinajstić information content (AvgIpc) is 2.64. The summed E-state index contributed by atoms with van der Waals surface area (Å²) in [5, 5.41) is 12.6. The van der Waals surface area contributed by atoms with Crippen LogP contribution in [0.1, 0.15) is 11.6 Å². The molecule has 1 aromatic carbocycles. The molecule has 2 heterocycles. The molecule has 4 nitrogen and oxygen atoms in total. The van der Waals surface area contributed by atoms with Crippen LogP contribution >= 0.6 is 0 Å². The zero-order valence-corrected chi connectivity index (χ0v) is 8.68. The molecule has 3 rings (SSSR count). The minimum atomic E-state index is 0.225. The Bertz CT molecular complexity index is 503. The summed E-state index contributed by atoms with van der Waals surface area (Å²) in [6, 6.07) is 6.92. The summed E-state index contributed by atoms with van der Waals surface area (Å²) in [5.41, 5.74) is 1.79. The lowest BCUT2D eigenvalue weighted by molar-refractivity contribution is 0.438. The Morgan fingerprint density at radius 2 is 2.25 bits per heavy atom. The fraction of sp³-hybridized carbons (Fsp3) is 0.250. The maximum atomic E-state index is 9.37. The topological polar surface area (TPSA) is 58.3 Å². The molecule has 2 N–H and O–H groups in total. The molecule has 0 unspecified atom stereocenters. The van der Waals surface area contributed by atoms with Crippen LogP contribution in [0.2, 0.25) is 0 Å². The molecule has 1 saturated heterocycles. The largest absolute Gasteiger partial charge is 0.508 e. The fourth-order valence-electron chi connectivity index (χ4n) is 1.74. The molecule has 1 aliphatic rings. The van der Waals surface area contributed by atoms with Gasteiger partial charge < -0.3 is 14.8 Å². The third-order valence-corrected chi connectivity index (χ3v) is 2.81. The van der Waals surface area contributed by atoms with Crippen molar-refractivity contribution in [3.63, 3.8) is 0 Å². The Kier molecular flexibility index (Phi) is 2.15. The highest BCUT2D eigenvalue weighted by Gasteiger charge is 2.22. The van der Waals surface area contributed by atoms with Crippen LogP contribution in [0.3, 0.4) is 0 Å². The molecular weight excluding hydrogens is 204 g/mol. The Morgan fingerprint density at radius 1 is 1.38 bits per heavy atom. The fourth-order valence-corrected chi connectivity index (χ4v) is 1.74. The van der Waals surface area contributed by atoms with E-state index in [9.17, 15) is 5.11 Å². The van der Waals surface area contributed by atoms with E-state index in [1.165, 1.54) is 0 Å². The van der Waals surface area contributed by atoms with E-state index >= 15 is 0 Å². The van der Waals surface area contributed by atoms with Crippen molar-refractivity contribution >= 4 is 0 Å². The number of benzene rings is 1. The lowest BCUT2D eigenvalue weighted by Gasteiger charge is -2.24. The van der Waals surface area contributed by atoms with Crippen molar-refractivity contribution in [2.75, 3.05) is 13.1 Å². The van der Waals surface area contributed by atoms with Gasteiger partial charge >= 0.3 is 0 Å². The number of aromatic hydroxyl groups is 1. The van der Waals surface area contributed by atoms with Gasteiger partial charge in [0.05, 0.1) is 5.69 Å². The van der Waals surface area contributed by atoms with E-state index < -0.39 is 0 Å². The Morgan fingerprint density at radius 3 is 2.94 bits per heavy atom. The van der Waals surface area contributed by atoms with Crippen molar-refractivity contribution < 1.29 is 9.52 Å². The van der Waals surface area contributed by atoms with Crippen molar-refractivity contribution in [3.8, 4) is 17.2 Å². The molecule has 0 atom stereocenters. The molecule has 0 radical (unpaired) electrons. The first kappa shape index (κ1) is 9.42. The molecule has 1 aliphatic heterocycles. The highest BCUT2D eigenvalue weighted by molar-refractivity contribution is 5.55. The van der Waals surface area contributed by atoms with Crippen LogP contribution in [0.15, 0.2) is 34.9 Å². The van der Waals surface area contributed by atoms with E-state index in [-0.39, 0.29) is 5.75 Å². The van der Waals surface area contributed by atoms with Gasteiger partial charge in [0.15, 0.2) is 0 Å². The second-order valence-corrected chi connectivity index (χ2v) is 3.98. The monoisotopic (exact) mass is 216 g/mol. The molecule has 0 saturated carbocycles. The van der Waals surface area contributed by atoms with E-state index in [4.69, 9.17) is 4.42 Å². The van der Waals surface area contributed by atoms with Crippen LogP contribution in [0, 0.1) is 0 Å². The number of phenolic OH excluding ortho intramolecular Hbond substituents is 1. The third-order valence-electron chi connectivity index (χ3n) is 2.81. The van der Waals surface area contributed by atoms with Gasteiger partial charge in [-0.05, 0) is 18.2 Å². The molecule has 2 aromatic rings. The van der Waals surface area contributed by atoms with Crippen LogP contribution in [-0.2, 0) is 0 Å². The summed E-state index contributed by atoms with van der Waals surface area (Å²) in [5.74, 6) is 1.26. The van der Waals surface area contributed by atoms with E-state index in [1.54, 1.807) is 24.5 Å². The third kappa shape index (κ3) is 1.57. The van der Waals surface area contributed by atoms with Gasteiger partial charge in [-0.3, -0.25) is 0 Å². The number of nitrogens with zero attached hydrogens (tertiary/aromatic N) is 1. The Labute approximate surface area is 92.9 Å². The molecule has 1 aromatic heterocycles. The molecule has 0 spiro atoms. The summed E-state index contributed by atoms with van der Waals surface area (Å²) < 4.78 is 5.41. The standard InChI is InChI=1S/C12H12N2O2/c15-10-3-1-2-8(4-10)12-14-11(7-16-12)9-5-13-6-9/h1-4,7,9,13,15H,5-6H2. The van der Waals surface area contributed by atoms with Crippen LogP contribution in [0.5, 0.6) is 5.75 Å². The molecule has 16 heavy (non-hydrogen) atoms. The number of phenols is 1. The lowest BCUT2D eigenvalue weighted by atomic mass is 10.0. The minimum Gasteiger partial charge on any atom is -0.508 e. The molecular formula is C12H12N2O2. The first-order chi connectivity index (χ1) is 7.83. The Hall–Kier alpha value is -1.81. The molecule has 0 aliphatic carbocycles. The second-order valence-electron chi connectivity index (χ2n) is 3.98. The van der Waals surface area contributed by atoms with Crippen molar-refractivity contribution in [1.82, 2.24) is 10.3 Å². The molecule has 1 fully saturated rings. The predicted octanol–water partition coefficient (Wildman–Crippen LogP) is 1.73. The molecule has 0 bridgehead atoms. The molecule has 82 valence electrons. The van der Waals surface area contributed by atoms with Crippen LogP contribution in [0.4, 0.5) is 0 Å². The molecule has 0 amide bonds. The van der Waals surface area contributed by atoms with Crippen LogP contribution < -0.4 is 5.32 Å². The van der Waals surface area contributed by atoms with Gasteiger partial charge in [0.1, 0.15) is 12.0 Å². The number of rotatable bonds is 2. The van der Waals surface area contributed by atoms with Crippen molar-refractivity contribution in [2.45, 2.75) is 5.92 Å². The zero-order valence-electron chi connectivity index (χ0n) is 8.68. The van der Waals surface area contributed by atoms with E-state index in [1.807, 2.05) is 6.07 Å². The van der Waals surface area contributed by atoms with Gasteiger partial charge in [0, 0.05) is 24.6 Å². The number of aromatic nitrogens is 1. The van der Waals surface area contributed by atoms with Gasteiger partial charge in [0.25, 0.3) is 0 Å². The van der Waals surface area contributed by atoms with E-state index in [2.05, 4.69) is 10.3 Å². The first-order valence-corrected chi connectivity index (χ1v) is 5.28. The van der Waals surface area contributed by atoms with Gasteiger partial charge in [-0.1, -0.05) is 6.07 Å². The number of oxazole rings is 1. The summed E-state index contributed by atoms with van der Waals surface area (Å²) in [6.45, 7) is 1.93. The highest BCUT2D eigenvalue weighted by Crippen LogP contribution is 2.26. The number of hydrogen-bond acceptors (Lipinski definition) is 4. The normalized spacial score (nSPS) is 16.0. The second kappa shape index (κ2) is 3.64. The minimum absolute atomic E-state index is 0.225. The number of hydrogen-bond donors (Lipinski definition) is 2. The maximum Gasteiger partial charge on any atom is 0.226 e. The smallest absolute Gasteiger partial charge is 0.226 e. The van der Waals surface area contributed by atoms with Crippen LogP contribution in [0.25, 0.3) is 11.5 Å². The van der Waals surface area contributed by atoms with Crippen molar-refractivity contribution in [3.05, 3.63) is 36.2 Å². The summed E-state index contributed by atoms with van der Waals surface area (Å²) in [6.07, 6.45) is 1.70. The van der Waals surface area contributed by atoms with E-state index in [0.29, 0.717) is 11.8 Å². The van der Waals surface area contributed by atoms with E-state index in [0.717, 1.165) is 24.3 Å². The van der Waals surface area contributed by atoms with Gasteiger partial charge in [-0.15, -0.1) is 0 Å². The number of nitrogens with one attached hydrogen (secondary N) is 1. The van der Waals surface area contributed by atoms with Crippen molar-refractivity contribution in [1.29, 1.82) is 0 Å². The maximum absolute atomic E-state index is 9.37. The average molecular weight is 216 g/mol. The quantitative estimate of drug-likeness (QED) is 0.802. The van der Waals surface area contributed by atoms with Crippen molar-refractivity contribution in [2.24, 2.45) is 0 Å². The summed E-state index contributed by atoms with van der Waals surface area (Å²) in [4.78, 5) is 4.43. The summed E-state index contributed by atoms with van der Waals surface area (Å²) in [7, 11) is 0. The zero-order chi connectivity index (χ0) is 11.0.